The molecule has 0 aromatic carbocycles. The van der Waals surface area contributed by atoms with Gasteiger partial charge in [-0.15, -0.1) is 4.90 Å². The van der Waals surface area contributed by atoms with Gasteiger partial charge in [0.2, 0.25) is 18.3 Å². The van der Waals surface area contributed by atoms with Crippen LogP contribution in [0.1, 0.15) is 6.92 Å². The van der Waals surface area contributed by atoms with Gasteiger partial charge in [-0.3, -0.25) is 4.79 Å². The number of rotatable bonds is 1. The normalized spacial score (nSPS) is 6.75. The second-order valence-corrected chi connectivity index (χ2v) is 1.63. The highest BCUT2D eigenvalue weighted by atomic mass is 16.2. The Hall–Kier alpha value is -1.63. The summed E-state index contributed by atoms with van der Waals surface area (Å²) >= 11 is 0. The minimum absolute atomic E-state index is 0.389. The molecule has 0 aliphatic rings. The van der Waals surface area contributed by atoms with Crippen LogP contribution in [0.4, 0.5) is 0 Å². The zero-order chi connectivity index (χ0) is 9.98. The number of nitriles is 2. The van der Waals surface area contributed by atoms with E-state index < -0.39 is 5.91 Å². The molecule has 0 radical (unpaired) electrons. The second-order valence-electron chi connectivity index (χ2n) is 1.63. The number of nitrogens with two attached hydrogens (primary N) is 2. The summed E-state index contributed by atoms with van der Waals surface area (Å²) in [5.74, 6) is -0.560. The molecule has 6 nitrogen and oxygen atoms in total. The van der Waals surface area contributed by atoms with Crippen LogP contribution in [0.5, 0.6) is 0 Å². The van der Waals surface area contributed by atoms with Crippen molar-refractivity contribution in [1.29, 1.82) is 10.5 Å². The van der Waals surface area contributed by atoms with E-state index in [2.05, 4.69) is 0 Å². The number of hydrogen-bond acceptors (Lipinski definition) is 5. The molecule has 0 bridgehead atoms. The van der Waals surface area contributed by atoms with Crippen molar-refractivity contribution < 1.29 is 4.79 Å². The molecular weight excluding hydrogens is 158 g/mol. The molecule has 0 fully saturated rings. The van der Waals surface area contributed by atoms with E-state index in [4.69, 9.17) is 22.0 Å². The van der Waals surface area contributed by atoms with Crippen LogP contribution in [0.2, 0.25) is 0 Å². The Kier molecular flexibility index (Phi) is 10.1. The number of carbonyl (C=O) groups excluding carboxylic acids is 1. The lowest BCUT2D eigenvalue weighted by atomic mass is 10.6. The molecule has 12 heavy (non-hydrogen) atoms. The molecule has 0 rings (SSSR count). The summed E-state index contributed by atoms with van der Waals surface area (Å²) in [6, 6.07) is 0. The first kappa shape index (κ1) is 13.0. The first-order valence-electron chi connectivity index (χ1n) is 3.14. The van der Waals surface area contributed by atoms with Crippen LogP contribution < -0.4 is 11.5 Å². The molecule has 0 saturated carbocycles. The molecule has 4 N–H and O–H groups in total. The predicted octanol–water partition coefficient (Wildman–Crippen LogP) is -1.30. The molecule has 0 unspecified atom stereocenters. The SMILES string of the molecule is CC(=O)N(C#N)C#N.NCCN. The fraction of sp³-hybridized carbons (Fsp3) is 0.500. The number of carbonyl (C=O) groups is 1. The Morgan fingerprint density at radius 2 is 1.67 bits per heavy atom. The van der Waals surface area contributed by atoms with E-state index in [1.807, 2.05) is 0 Å². The van der Waals surface area contributed by atoms with Gasteiger partial charge in [-0.25, -0.2) is 0 Å². The van der Waals surface area contributed by atoms with Crippen molar-refractivity contribution in [2.75, 3.05) is 13.1 Å². The van der Waals surface area contributed by atoms with Gasteiger partial charge in [0.25, 0.3) is 0 Å². The highest BCUT2D eigenvalue weighted by Crippen LogP contribution is 1.78. The third-order valence-electron chi connectivity index (χ3n) is 0.682. The zero-order valence-electron chi connectivity index (χ0n) is 6.82. The van der Waals surface area contributed by atoms with Gasteiger partial charge >= 0.3 is 0 Å². The van der Waals surface area contributed by atoms with Crippen LogP contribution in [0.15, 0.2) is 0 Å². The van der Waals surface area contributed by atoms with E-state index in [0.29, 0.717) is 18.0 Å². The summed E-state index contributed by atoms with van der Waals surface area (Å²) in [6.07, 6.45) is 2.75. The van der Waals surface area contributed by atoms with Gasteiger partial charge in [0.1, 0.15) is 0 Å². The van der Waals surface area contributed by atoms with Crippen molar-refractivity contribution in [3.05, 3.63) is 0 Å². The zero-order valence-corrected chi connectivity index (χ0v) is 6.82. The highest BCUT2D eigenvalue weighted by Gasteiger charge is 2.02. The molecule has 1 amide bonds. The van der Waals surface area contributed by atoms with E-state index in [0.717, 1.165) is 6.92 Å². The van der Waals surface area contributed by atoms with Gasteiger partial charge in [-0.05, 0) is 0 Å². The van der Waals surface area contributed by atoms with Crippen molar-refractivity contribution in [2.24, 2.45) is 11.5 Å². The summed E-state index contributed by atoms with van der Waals surface area (Å²) in [4.78, 5) is 10.5. The molecule has 0 saturated heterocycles. The smallest absolute Gasteiger partial charge is 0.246 e. The standard InChI is InChI=1S/C4H3N3O.C2H8N2/c1-4(8)7(2-5)3-6;3-1-2-4/h1H3;1-4H2. The fourth-order valence-electron chi connectivity index (χ4n) is 0.163. The van der Waals surface area contributed by atoms with Gasteiger partial charge in [0.15, 0.2) is 0 Å². The summed E-state index contributed by atoms with van der Waals surface area (Å²) in [7, 11) is 0. The summed E-state index contributed by atoms with van der Waals surface area (Å²) < 4.78 is 0. The molecular formula is C6H11N5O. The van der Waals surface area contributed by atoms with Gasteiger partial charge in [0.05, 0.1) is 0 Å². The lowest BCUT2D eigenvalue weighted by Crippen LogP contribution is -2.15. The first-order chi connectivity index (χ1) is 5.63. The number of amides is 1. The number of hydrogen-bond donors (Lipinski definition) is 2. The molecule has 6 heteroatoms. The average Bonchev–Trinajstić information content (AvgIpc) is 2.07. The summed E-state index contributed by atoms with van der Waals surface area (Å²) in [6.45, 7) is 2.34. The molecule has 0 spiro atoms. The average molecular weight is 169 g/mol. The monoisotopic (exact) mass is 169 g/mol. The maximum Gasteiger partial charge on any atom is 0.246 e. The molecule has 0 aromatic heterocycles. The molecule has 0 aliphatic carbocycles. The summed E-state index contributed by atoms with van der Waals surface area (Å²) in [5.41, 5.74) is 9.81. The van der Waals surface area contributed by atoms with E-state index in [1.165, 1.54) is 12.4 Å². The van der Waals surface area contributed by atoms with Crippen LogP contribution in [0, 0.1) is 22.9 Å². The maximum absolute atomic E-state index is 10.1. The minimum Gasteiger partial charge on any atom is -0.329 e. The quantitative estimate of drug-likeness (QED) is 0.373. The topological polar surface area (TPSA) is 120 Å². The van der Waals surface area contributed by atoms with Crippen LogP contribution in [0.25, 0.3) is 0 Å². The molecule has 66 valence electrons. The Morgan fingerprint density at radius 1 is 1.33 bits per heavy atom. The molecule has 0 aliphatic heterocycles. The molecule has 0 heterocycles. The first-order valence-corrected chi connectivity index (χ1v) is 3.14. The Morgan fingerprint density at radius 3 is 1.67 bits per heavy atom. The van der Waals surface area contributed by atoms with Crippen LogP contribution in [0.3, 0.4) is 0 Å². The van der Waals surface area contributed by atoms with Crippen LogP contribution in [-0.2, 0) is 4.79 Å². The Labute approximate surface area is 71.0 Å². The molecule has 0 atom stereocenters. The minimum atomic E-state index is -0.560. The highest BCUT2D eigenvalue weighted by molar-refractivity contribution is 5.76. The number of nitrogens with zero attached hydrogens (tertiary/aromatic N) is 3. The lowest BCUT2D eigenvalue weighted by Gasteiger charge is -1.92. The van der Waals surface area contributed by atoms with Crippen molar-refractivity contribution >= 4 is 5.91 Å². The Balaban J connectivity index is 0. The molecule has 0 aromatic rings. The Bertz CT molecular complexity index is 185. The fourth-order valence-corrected chi connectivity index (χ4v) is 0.163. The van der Waals surface area contributed by atoms with E-state index >= 15 is 0 Å². The van der Waals surface area contributed by atoms with Crippen LogP contribution >= 0.6 is 0 Å². The second kappa shape index (κ2) is 9.37. The van der Waals surface area contributed by atoms with Crippen LogP contribution in [-0.4, -0.2) is 23.9 Å². The van der Waals surface area contributed by atoms with Gasteiger partial charge in [0, 0.05) is 20.0 Å². The van der Waals surface area contributed by atoms with Gasteiger partial charge in [-0.1, -0.05) is 0 Å². The lowest BCUT2D eigenvalue weighted by molar-refractivity contribution is -0.123. The predicted molar refractivity (Wildman–Crippen MR) is 41.9 cm³/mol. The van der Waals surface area contributed by atoms with E-state index in [-0.39, 0.29) is 0 Å². The van der Waals surface area contributed by atoms with Gasteiger partial charge in [-0.2, -0.15) is 10.5 Å². The third kappa shape index (κ3) is 8.37. The van der Waals surface area contributed by atoms with Crippen molar-refractivity contribution in [1.82, 2.24) is 4.90 Å². The maximum atomic E-state index is 10.1. The van der Waals surface area contributed by atoms with Crippen molar-refractivity contribution in [2.45, 2.75) is 6.92 Å². The van der Waals surface area contributed by atoms with E-state index in [9.17, 15) is 4.79 Å². The van der Waals surface area contributed by atoms with Crippen molar-refractivity contribution in [3.8, 4) is 12.4 Å². The van der Waals surface area contributed by atoms with Gasteiger partial charge < -0.3 is 11.5 Å². The largest absolute Gasteiger partial charge is 0.329 e. The summed E-state index contributed by atoms with van der Waals surface area (Å²) in [5, 5.41) is 15.9. The third-order valence-corrected chi connectivity index (χ3v) is 0.682. The van der Waals surface area contributed by atoms with Crippen molar-refractivity contribution in [3.63, 3.8) is 0 Å². The van der Waals surface area contributed by atoms with E-state index in [1.54, 1.807) is 0 Å².